The van der Waals surface area contributed by atoms with Gasteiger partial charge in [-0.05, 0) is 25.2 Å². The summed E-state index contributed by atoms with van der Waals surface area (Å²) in [5.74, 6) is -0.884. The van der Waals surface area contributed by atoms with Crippen molar-refractivity contribution in [2.45, 2.75) is 45.6 Å². The number of nitrogens with zero attached hydrogens (tertiary/aromatic N) is 3. The van der Waals surface area contributed by atoms with Crippen LogP contribution in [-0.4, -0.2) is 44.8 Å². The predicted octanol–water partition coefficient (Wildman–Crippen LogP) is 1.96. The zero-order chi connectivity index (χ0) is 15.9. The van der Waals surface area contributed by atoms with Gasteiger partial charge in [0.2, 0.25) is 0 Å². The van der Waals surface area contributed by atoms with Gasteiger partial charge >= 0.3 is 5.97 Å². The van der Waals surface area contributed by atoms with E-state index in [0.29, 0.717) is 24.6 Å². The SMILES string of the molecule is CCCn1ncc(C(=O)N2C[C@@H](C)[C@H](C(=O)O)C2)c1C1CC1. The Labute approximate surface area is 130 Å². The molecule has 2 heterocycles. The molecule has 0 radical (unpaired) electrons. The Kier molecular flexibility index (Phi) is 3.93. The van der Waals surface area contributed by atoms with Crippen molar-refractivity contribution in [1.82, 2.24) is 14.7 Å². The molecule has 1 N–H and O–H groups in total. The molecular weight excluding hydrogens is 282 g/mol. The number of aliphatic carboxylic acids is 1. The van der Waals surface area contributed by atoms with Crippen LogP contribution < -0.4 is 0 Å². The van der Waals surface area contributed by atoms with E-state index in [0.717, 1.165) is 31.5 Å². The molecule has 1 aromatic rings. The predicted molar refractivity (Wildman–Crippen MR) is 80.7 cm³/mol. The van der Waals surface area contributed by atoms with Gasteiger partial charge < -0.3 is 10.0 Å². The molecule has 1 aliphatic heterocycles. The highest BCUT2D eigenvalue weighted by Gasteiger charge is 2.39. The number of carbonyl (C=O) groups is 2. The molecule has 1 amide bonds. The summed E-state index contributed by atoms with van der Waals surface area (Å²) in [6, 6.07) is 0. The zero-order valence-corrected chi connectivity index (χ0v) is 13.2. The van der Waals surface area contributed by atoms with Gasteiger partial charge in [0.1, 0.15) is 0 Å². The Bertz CT molecular complexity index is 591. The van der Waals surface area contributed by atoms with Crippen LogP contribution in [0, 0.1) is 11.8 Å². The van der Waals surface area contributed by atoms with E-state index in [1.807, 2.05) is 11.6 Å². The molecule has 1 saturated carbocycles. The highest BCUT2D eigenvalue weighted by atomic mass is 16.4. The van der Waals surface area contributed by atoms with E-state index in [4.69, 9.17) is 0 Å². The van der Waals surface area contributed by atoms with Crippen molar-refractivity contribution in [2.24, 2.45) is 11.8 Å². The van der Waals surface area contributed by atoms with Gasteiger partial charge in [0.05, 0.1) is 23.4 Å². The number of hydrogen-bond acceptors (Lipinski definition) is 3. The Hall–Kier alpha value is -1.85. The maximum atomic E-state index is 12.8. The lowest BCUT2D eigenvalue weighted by Gasteiger charge is -2.16. The quantitative estimate of drug-likeness (QED) is 0.902. The van der Waals surface area contributed by atoms with E-state index >= 15 is 0 Å². The zero-order valence-electron chi connectivity index (χ0n) is 13.2. The monoisotopic (exact) mass is 305 g/mol. The third-order valence-corrected chi connectivity index (χ3v) is 4.73. The third kappa shape index (κ3) is 2.62. The number of rotatable bonds is 5. The summed E-state index contributed by atoms with van der Waals surface area (Å²) < 4.78 is 1.96. The summed E-state index contributed by atoms with van der Waals surface area (Å²) in [7, 11) is 0. The van der Waals surface area contributed by atoms with Crippen molar-refractivity contribution in [2.75, 3.05) is 13.1 Å². The highest BCUT2D eigenvalue weighted by molar-refractivity contribution is 5.96. The van der Waals surface area contributed by atoms with E-state index in [1.165, 1.54) is 0 Å². The first-order chi connectivity index (χ1) is 10.5. The second kappa shape index (κ2) is 5.74. The number of aromatic nitrogens is 2. The van der Waals surface area contributed by atoms with Crippen LogP contribution in [-0.2, 0) is 11.3 Å². The van der Waals surface area contributed by atoms with Gasteiger partial charge in [-0.3, -0.25) is 14.3 Å². The number of aryl methyl sites for hydroxylation is 1. The fraction of sp³-hybridized carbons (Fsp3) is 0.688. The van der Waals surface area contributed by atoms with Crippen molar-refractivity contribution in [3.63, 3.8) is 0 Å². The van der Waals surface area contributed by atoms with E-state index in [-0.39, 0.29) is 11.8 Å². The normalized spacial score (nSPS) is 24.7. The van der Waals surface area contributed by atoms with Gasteiger partial charge in [-0.2, -0.15) is 5.10 Å². The molecule has 2 atom stereocenters. The number of carbonyl (C=O) groups excluding carboxylic acids is 1. The molecule has 0 aromatic carbocycles. The van der Waals surface area contributed by atoms with Crippen molar-refractivity contribution in [3.8, 4) is 0 Å². The summed E-state index contributed by atoms with van der Waals surface area (Å²) in [4.78, 5) is 25.7. The summed E-state index contributed by atoms with van der Waals surface area (Å²) in [5.41, 5.74) is 1.73. The molecule has 6 heteroatoms. The van der Waals surface area contributed by atoms with E-state index in [2.05, 4.69) is 12.0 Å². The lowest BCUT2D eigenvalue weighted by Crippen LogP contribution is -2.30. The second-order valence-electron chi connectivity index (χ2n) is 6.57. The van der Waals surface area contributed by atoms with Gasteiger partial charge in [0, 0.05) is 25.6 Å². The van der Waals surface area contributed by atoms with Gasteiger partial charge in [0.15, 0.2) is 0 Å². The summed E-state index contributed by atoms with van der Waals surface area (Å²) in [6.07, 6.45) is 4.88. The fourth-order valence-electron chi connectivity index (χ4n) is 3.36. The first kappa shape index (κ1) is 15.1. The minimum absolute atomic E-state index is 0.00323. The van der Waals surface area contributed by atoms with E-state index < -0.39 is 11.9 Å². The van der Waals surface area contributed by atoms with Crippen molar-refractivity contribution < 1.29 is 14.7 Å². The van der Waals surface area contributed by atoms with Crippen LogP contribution in [0.4, 0.5) is 0 Å². The molecule has 2 fully saturated rings. The van der Waals surface area contributed by atoms with Crippen LogP contribution in [0.3, 0.4) is 0 Å². The number of amides is 1. The minimum atomic E-state index is -0.813. The van der Waals surface area contributed by atoms with Crippen LogP contribution in [0.2, 0.25) is 0 Å². The van der Waals surface area contributed by atoms with Crippen LogP contribution in [0.15, 0.2) is 6.20 Å². The number of carboxylic acids is 1. The molecule has 22 heavy (non-hydrogen) atoms. The first-order valence-electron chi connectivity index (χ1n) is 8.10. The topological polar surface area (TPSA) is 75.4 Å². The average Bonchev–Trinajstić information content (AvgIpc) is 3.10. The summed E-state index contributed by atoms with van der Waals surface area (Å²) >= 11 is 0. The molecule has 0 spiro atoms. The number of likely N-dealkylation sites (tertiary alicyclic amines) is 1. The molecule has 6 nitrogen and oxygen atoms in total. The van der Waals surface area contributed by atoms with Crippen LogP contribution in [0.25, 0.3) is 0 Å². The van der Waals surface area contributed by atoms with Crippen LogP contribution in [0.1, 0.15) is 55.1 Å². The Morgan fingerprint density at radius 1 is 1.36 bits per heavy atom. The lowest BCUT2D eigenvalue weighted by atomic mass is 9.99. The second-order valence-corrected chi connectivity index (χ2v) is 6.57. The smallest absolute Gasteiger partial charge is 0.308 e. The summed E-state index contributed by atoms with van der Waals surface area (Å²) in [5, 5.41) is 13.6. The molecule has 1 aromatic heterocycles. The van der Waals surface area contributed by atoms with Crippen molar-refractivity contribution in [3.05, 3.63) is 17.5 Å². The Balaban J connectivity index is 1.82. The Morgan fingerprint density at radius 2 is 2.09 bits per heavy atom. The summed E-state index contributed by atoms with van der Waals surface area (Å²) in [6.45, 7) is 5.64. The molecule has 120 valence electrons. The van der Waals surface area contributed by atoms with E-state index in [9.17, 15) is 14.7 Å². The Morgan fingerprint density at radius 3 is 2.64 bits per heavy atom. The van der Waals surface area contributed by atoms with Crippen LogP contribution >= 0.6 is 0 Å². The molecular formula is C16H23N3O3. The number of hydrogen-bond donors (Lipinski definition) is 1. The molecule has 1 saturated heterocycles. The standard InChI is InChI=1S/C16H23N3O3/c1-3-6-19-14(11-4-5-11)12(7-17-19)15(20)18-8-10(2)13(9-18)16(21)22/h7,10-11,13H,3-6,8-9H2,1-2H3,(H,21,22)/t10-,13-/m1/s1. The molecule has 0 unspecified atom stereocenters. The minimum Gasteiger partial charge on any atom is -0.481 e. The lowest BCUT2D eigenvalue weighted by molar-refractivity contribution is -0.142. The maximum Gasteiger partial charge on any atom is 0.308 e. The fourth-order valence-corrected chi connectivity index (χ4v) is 3.36. The van der Waals surface area contributed by atoms with Crippen molar-refractivity contribution in [1.29, 1.82) is 0 Å². The van der Waals surface area contributed by atoms with Crippen molar-refractivity contribution >= 4 is 11.9 Å². The van der Waals surface area contributed by atoms with E-state index in [1.54, 1.807) is 11.1 Å². The highest BCUT2D eigenvalue weighted by Crippen LogP contribution is 2.42. The number of carboxylic acid groups (broad SMARTS) is 1. The van der Waals surface area contributed by atoms with Crippen LogP contribution in [0.5, 0.6) is 0 Å². The molecule has 3 rings (SSSR count). The van der Waals surface area contributed by atoms with Gasteiger partial charge in [-0.15, -0.1) is 0 Å². The average molecular weight is 305 g/mol. The maximum absolute atomic E-state index is 12.8. The largest absolute Gasteiger partial charge is 0.481 e. The molecule has 2 aliphatic rings. The van der Waals surface area contributed by atoms with Gasteiger partial charge in [0.25, 0.3) is 5.91 Å². The van der Waals surface area contributed by atoms with Gasteiger partial charge in [-0.1, -0.05) is 13.8 Å². The van der Waals surface area contributed by atoms with Gasteiger partial charge in [-0.25, -0.2) is 0 Å². The molecule has 0 bridgehead atoms. The third-order valence-electron chi connectivity index (χ3n) is 4.73. The first-order valence-corrected chi connectivity index (χ1v) is 8.10. The molecule has 1 aliphatic carbocycles.